The molecule has 1 aliphatic heterocycles. The highest BCUT2D eigenvalue weighted by atomic mass is 32.1. The first kappa shape index (κ1) is 24.1. The van der Waals surface area contributed by atoms with Crippen LogP contribution < -0.4 is 19.6 Å². The molecule has 0 aliphatic carbocycles. The summed E-state index contributed by atoms with van der Waals surface area (Å²) in [5.74, 6) is 1.35. The van der Waals surface area contributed by atoms with E-state index in [1.165, 1.54) is 35.0 Å². The van der Waals surface area contributed by atoms with Gasteiger partial charge in [0, 0.05) is 35.0 Å². The molecule has 1 atom stereocenters. The average Bonchev–Trinajstić information content (AvgIpc) is 3.47. The Hall–Kier alpha value is -4.57. The third-order valence-corrected chi connectivity index (χ3v) is 7.06. The lowest BCUT2D eigenvalue weighted by atomic mass is 9.93. The van der Waals surface area contributed by atoms with Gasteiger partial charge in [-0.05, 0) is 43.7 Å². The summed E-state index contributed by atoms with van der Waals surface area (Å²) < 4.78 is 13.1. The number of hydrogen-bond acceptors (Lipinski definition) is 8. The number of ketones is 1. The summed E-state index contributed by atoms with van der Waals surface area (Å²) in [6.45, 7) is 3.24. The maximum absolute atomic E-state index is 13.6. The minimum atomic E-state index is -0.626. The highest BCUT2D eigenvalue weighted by molar-refractivity contribution is 7.07. The molecule has 0 amide bonds. The van der Waals surface area contributed by atoms with Crippen molar-refractivity contribution in [2.75, 3.05) is 7.11 Å². The predicted molar refractivity (Wildman–Crippen MR) is 138 cm³/mol. The molecule has 5 rings (SSSR count). The minimum absolute atomic E-state index is 0.0427. The molecule has 37 heavy (non-hydrogen) atoms. The third-order valence-electron chi connectivity index (χ3n) is 6.07. The van der Waals surface area contributed by atoms with Gasteiger partial charge in [0.25, 0.3) is 11.2 Å². The molecule has 186 valence electrons. The normalized spacial score (nSPS) is 15.3. The lowest BCUT2D eigenvalue weighted by Gasteiger charge is -2.24. The van der Waals surface area contributed by atoms with Gasteiger partial charge in [0.1, 0.15) is 17.3 Å². The maximum atomic E-state index is 13.6. The number of benzene rings is 2. The predicted octanol–water partition coefficient (Wildman–Crippen LogP) is 4.00. The van der Waals surface area contributed by atoms with E-state index in [0.29, 0.717) is 43.4 Å². The number of furan rings is 1. The van der Waals surface area contributed by atoms with Crippen LogP contribution in [0.2, 0.25) is 0 Å². The van der Waals surface area contributed by atoms with Crippen LogP contribution in [0.3, 0.4) is 0 Å². The number of nitrogens with zero attached hydrogens (tertiary/aromatic N) is 3. The number of allylic oxidation sites excluding steroid dienone is 2. The molecule has 0 saturated heterocycles. The van der Waals surface area contributed by atoms with Gasteiger partial charge in [0.05, 0.1) is 22.6 Å². The molecule has 4 aromatic rings. The van der Waals surface area contributed by atoms with E-state index in [-0.39, 0.29) is 17.0 Å². The zero-order valence-corrected chi connectivity index (χ0v) is 20.9. The van der Waals surface area contributed by atoms with Crippen LogP contribution in [0.1, 0.15) is 31.2 Å². The number of carbonyl (C=O) groups is 1. The van der Waals surface area contributed by atoms with Crippen molar-refractivity contribution >= 4 is 28.9 Å². The highest BCUT2D eigenvalue weighted by Gasteiger charge is 2.30. The molecule has 0 saturated carbocycles. The number of carbonyl (C=O) groups excluding carboxylic acids is 1. The first-order chi connectivity index (χ1) is 17.8. The van der Waals surface area contributed by atoms with Gasteiger partial charge >= 0.3 is 0 Å². The van der Waals surface area contributed by atoms with Crippen molar-refractivity contribution in [3.63, 3.8) is 0 Å². The topological polar surface area (TPSA) is 117 Å². The lowest BCUT2D eigenvalue weighted by Crippen LogP contribution is -2.39. The van der Waals surface area contributed by atoms with Crippen molar-refractivity contribution < 1.29 is 18.9 Å². The van der Waals surface area contributed by atoms with Crippen LogP contribution >= 0.6 is 11.3 Å². The van der Waals surface area contributed by atoms with E-state index in [2.05, 4.69) is 4.99 Å². The largest absolute Gasteiger partial charge is 0.497 e. The molecule has 9 nitrogen and oxygen atoms in total. The number of hydrogen-bond donors (Lipinski definition) is 0. The quantitative estimate of drug-likeness (QED) is 0.283. The van der Waals surface area contributed by atoms with E-state index < -0.39 is 11.0 Å². The molecule has 0 unspecified atom stereocenters. The summed E-state index contributed by atoms with van der Waals surface area (Å²) >= 11 is 1.20. The number of nitro groups is 1. The van der Waals surface area contributed by atoms with Crippen molar-refractivity contribution in [3.8, 4) is 17.1 Å². The van der Waals surface area contributed by atoms with E-state index in [1.54, 1.807) is 56.5 Å². The Morgan fingerprint density at radius 3 is 2.62 bits per heavy atom. The molecular weight excluding hydrogens is 494 g/mol. The second-order valence-electron chi connectivity index (χ2n) is 8.42. The minimum Gasteiger partial charge on any atom is -0.497 e. The molecule has 1 aliphatic rings. The van der Waals surface area contributed by atoms with Gasteiger partial charge in [-0.15, -0.1) is 0 Å². The number of Topliss-reactive ketones (excluding diaryl/α,β-unsaturated/α-hetero) is 1. The fourth-order valence-corrected chi connectivity index (χ4v) is 5.39. The first-order valence-electron chi connectivity index (χ1n) is 11.3. The lowest BCUT2D eigenvalue weighted by molar-refractivity contribution is -0.384. The molecule has 0 spiro atoms. The standard InChI is InChI=1S/C27H21N3O6S/c1-15-24(16(2)31)25(17-7-9-20(35-3)10-8-17)29-26(32)23(37-27(29)28-15)14-21-11-12-22(36-21)18-5-4-6-19(13-18)30(33)34/h4-14,25H,1-3H3/b23-14+/t25-/m0/s1. The van der Waals surface area contributed by atoms with Crippen LogP contribution in [0.5, 0.6) is 5.75 Å². The SMILES string of the molecule is COc1ccc([C@H]2C(C(C)=O)=C(C)N=c3s/c(=C/c4ccc(-c5cccc([N+](=O)[O-])c5)o4)c(=O)n32)cc1. The number of rotatable bonds is 6. The summed E-state index contributed by atoms with van der Waals surface area (Å²) in [4.78, 5) is 41.9. The second kappa shape index (κ2) is 9.47. The van der Waals surface area contributed by atoms with E-state index in [9.17, 15) is 19.7 Å². The van der Waals surface area contributed by atoms with Crippen molar-refractivity contribution in [1.82, 2.24) is 4.57 Å². The summed E-state index contributed by atoms with van der Waals surface area (Å²) in [6, 6.07) is 16.1. The van der Waals surface area contributed by atoms with E-state index in [4.69, 9.17) is 9.15 Å². The Morgan fingerprint density at radius 2 is 1.95 bits per heavy atom. The molecule has 2 aromatic carbocycles. The Morgan fingerprint density at radius 1 is 1.19 bits per heavy atom. The summed E-state index contributed by atoms with van der Waals surface area (Å²) in [7, 11) is 1.57. The van der Waals surface area contributed by atoms with Crippen LogP contribution in [0.25, 0.3) is 17.4 Å². The van der Waals surface area contributed by atoms with Crippen molar-refractivity contribution in [2.24, 2.45) is 4.99 Å². The zero-order valence-electron chi connectivity index (χ0n) is 20.1. The average molecular weight is 516 g/mol. The molecule has 10 heteroatoms. The number of aromatic nitrogens is 1. The number of ether oxygens (including phenoxy) is 1. The van der Waals surface area contributed by atoms with E-state index in [1.807, 2.05) is 12.1 Å². The molecule has 3 heterocycles. The van der Waals surface area contributed by atoms with Crippen molar-refractivity contribution in [3.05, 3.63) is 113 Å². The van der Waals surface area contributed by atoms with Gasteiger partial charge in [-0.1, -0.05) is 35.6 Å². The Bertz CT molecular complexity index is 1760. The molecule has 2 aromatic heterocycles. The number of fused-ring (bicyclic) bond motifs is 1. The Balaban J connectivity index is 1.61. The molecule has 0 fully saturated rings. The zero-order chi connectivity index (χ0) is 26.3. The molecule has 0 bridgehead atoms. The third kappa shape index (κ3) is 4.43. The fraction of sp³-hybridized carbons (Fsp3) is 0.148. The number of non-ortho nitro benzene ring substituents is 1. The van der Waals surface area contributed by atoms with Crippen LogP contribution in [-0.4, -0.2) is 22.4 Å². The Labute approximate surface area is 214 Å². The number of nitro benzene ring substituents is 1. The number of methoxy groups -OCH3 is 1. The Kier molecular flexibility index (Phi) is 6.18. The van der Waals surface area contributed by atoms with Gasteiger partial charge < -0.3 is 9.15 Å². The monoisotopic (exact) mass is 515 g/mol. The van der Waals surface area contributed by atoms with Crippen LogP contribution in [-0.2, 0) is 4.79 Å². The molecule has 0 N–H and O–H groups in total. The van der Waals surface area contributed by atoms with Crippen LogP contribution in [0.4, 0.5) is 5.69 Å². The summed E-state index contributed by atoms with van der Waals surface area (Å²) in [5.41, 5.74) is 1.99. The number of thiazole rings is 1. The van der Waals surface area contributed by atoms with E-state index in [0.717, 1.165) is 5.56 Å². The van der Waals surface area contributed by atoms with Gasteiger partial charge in [-0.2, -0.15) is 0 Å². The van der Waals surface area contributed by atoms with Crippen molar-refractivity contribution in [2.45, 2.75) is 19.9 Å². The van der Waals surface area contributed by atoms with Crippen LogP contribution in [0, 0.1) is 10.1 Å². The molecular formula is C27H21N3O6S. The molecule has 0 radical (unpaired) electrons. The maximum Gasteiger partial charge on any atom is 0.271 e. The summed E-state index contributed by atoms with van der Waals surface area (Å²) in [6.07, 6.45) is 1.61. The second-order valence-corrected chi connectivity index (χ2v) is 9.43. The smallest absolute Gasteiger partial charge is 0.271 e. The van der Waals surface area contributed by atoms with Crippen LogP contribution in [0.15, 0.2) is 86.1 Å². The van der Waals surface area contributed by atoms with Crippen molar-refractivity contribution in [1.29, 1.82) is 0 Å². The van der Waals surface area contributed by atoms with Gasteiger partial charge in [0.15, 0.2) is 10.6 Å². The fourth-order valence-electron chi connectivity index (χ4n) is 4.36. The summed E-state index contributed by atoms with van der Waals surface area (Å²) in [5, 5.41) is 11.1. The highest BCUT2D eigenvalue weighted by Crippen LogP contribution is 2.31. The van der Waals surface area contributed by atoms with Gasteiger partial charge in [-0.25, -0.2) is 4.99 Å². The first-order valence-corrected chi connectivity index (χ1v) is 12.1. The van der Waals surface area contributed by atoms with E-state index >= 15 is 0 Å². The van der Waals surface area contributed by atoms with Gasteiger partial charge in [0.2, 0.25) is 0 Å². The van der Waals surface area contributed by atoms with Gasteiger partial charge in [-0.3, -0.25) is 24.3 Å².